The highest BCUT2D eigenvalue weighted by Gasteiger charge is 2.20. The van der Waals surface area contributed by atoms with Crippen LogP contribution in [0, 0.1) is 13.8 Å². The van der Waals surface area contributed by atoms with Crippen LogP contribution in [0.1, 0.15) is 21.5 Å². The van der Waals surface area contributed by atoms with Gasteiger partial charge in [-0.1, -0.05) is 0 Å². The predicted molar refractivity (Wildman–Crippen MR) is 89.9 cm³/mol. The van der Waals surface area contributed by atoms with E-state index in [2.05, 4.69) is 0 Å². The van der Waals surface area contributed by atoms with Crippen molar-refractivity contribution in [2.45, 2.75) is 13.8 Å². The number of rotatable bonds is 4. The average molecular weight is 315 g/mol. The molecule has 0 aliphatic rings. The molecule has 0 radical (unpaired) electrons. The van der Waals surface area contributed by atoms with Crippen molar-refractivity contribution >= 4 is 11.6 Å². The Kier molecular flexibility index (Phi) is 4.79. The van der Waals surface area contributed by atoms with Gasteiger partial charge in [0.25, 0.3) is 5.91 Å². The molecule has 0 unspecified atom stereocenters. The molecular weight excluding hydrogens is 294 g/mol. The molecule has 2 aromatic rings. The topological polar surface area (TPSA) is 59.0 Å². The second-order valence-corrected chi connectivity index (χ2v) is 5.31. The number of amides is 1. The third kappa shape index (κ3) is 3.08. The first-order valence-corrected chi connectivity index (χ1v) is 7.20. The summed E-state index contributed by atoms with van der Waals surface area (Å²) in [6.45, 7) is 3.61. The number of phenolic OH excluding ortho intramolecular Hbond substituents is 1. The zero-order valence-electron chi connectivity index (χ0n) is 14.0. The Balaban J connectivity index is 2.41. The van der Waals surface area contributed by atoms with Gasteiger partial charge in [-0.3, -0.25) is 4.79 Å². The molecule has 23 heavy (non-hydrogen) atoms. The Morgan fingerprint density at radius 2 is 1.78 bits per heavy atom. The number of hydrogen-bond acceptors (Lipinski definition) is 4. The zero-order valence-corrected chi connectivity index (χ0v) is 14.0. The van der Waals surface area contributed by atoms with Gasteiger partial charge < -0.3 is 19.5 Å². The number of nitrogens with zero attached hydrogens (tertiary/aromatic N) is 1. The summed E-state index contributed by atoms with van der Waals surface area (Å²) in [6.07, 6.45) is 0. The summed E-state index contributed by atoms with van der Waals surface area (Å²) in [4.78, 5) is 14.3. The van der Waals surface area contributed by atoms with Gasteiger partial charge in [-0.25, -0.2) is 0 Å². The highest BCUT2D eigenvalue weighted by Crippen LogP contribution is 2.34. The van der Waals surface area contributed by atoms with Crippen molar-refractivity contribution in [2.75, 3.05) is 26.2 Å². The van der Waals surface area contributed by atoms with Crippen LogP contribution in [-0.2, 0) is 0 Å². The molecule has 0 bridgehead atoms. The van der Waals surface area contributed by atoms with E-state index in [0.29, 0.717) is 28.3 Å². The second kappa shape index (κ2) is 6.60. The molecule has 0 saturated carbocycles. The Labute approximate surface area is 136 Å². The van der Waals surface area contributed by atoms with E-state index in [1.54, 1.807) is 63.4 Å². The van der Waals surface area contributed by atoms with Crippen LogP contribution < -0.4 is 14.4 Å². The van der Waals surface area contributed by atoms with E-state index in [0.717, 1.165) is 5.56 Å². The minimum atomic E-state index is -0.159. The number of anilines is 1. The lowest BCUT2D eigenvalue weighted by Crippen LogP contribution is -2.27. The number of carbonyl (C=O) groups excluding carboxylic acids is 1. The van der Waals surface area contributed by atoms with Gasteiger partial charge in [0.05, 0.1) is 14.2 Å². The van der Waals surface area contributed by atoms with Crippen molar-refractivity contribution in [3.8, 4) is 17.2 Å². The summed E-state index contributed by atoms with van der Waals surface area (Å²) in [6, 6.07) is 8.49. The van der Waals surface area contributed by atoms with E-state index in [-0.39, 0.29) is 11.7 Å². The number of methoxy groups -OCH3 is 2. The number of phenols is 1. The lowest BCUT2D eigenvalue weighted by Gasteiger charge is -2.21. The number of carbonyl (C=O) groups is 1. The Morgan fingerprint density at radius 3 is 2.35 bits per heavy atom. The maximum Gasteiger partial charge on any atom is 0.258 e. The second-order valence-electron chi connectivity index (χ2n) is 5.31. The molecule has 0 aliphatic heterocycles. The van der Waals surface area contributed by atoms with Gasteiger partial charge >= 0.3 is 0 Å². The van der Waals surface area contributed by atoms with Crippen molar-refractivity contribution in [2.24, 2.45) is 0 Å². The van der Waals surface area contributed by atoms with Crippen molar-refractivity contribution < 1.29 is 19.4 Å². The standard InChI is InChI=1S/C18H21NO4/c1-11-10-13(6-8-15(11)20)19(3)18(21)14-7-9-16(22-4)17(23-5)12(14)2/h6-10,20H,1-5H3. The van der Waals surface area contributed by atoms with Crippen LogP contribution in [0.5, 0.6) is 17.2 Å². The Hall–Kier alpha value is -2.69. The van der Waals surface area contributed by atoms with E-state index < -0.39 is 0 Å². The van der Waals surface area contributed by atoms with Gasteiger partial charge in [-0.2, -0.15) is 0 Å². The van der Waals surface area contributed by atoms with Crippen LogP contribution >= 0.6 is 0 Å². The zero-order chi connectivity index (χ0) is 17.1. The summed E-state index contributed by atoms with van der Waals surface area (Å²) in [5.74, 6) is 1.18. The third-order valence-corrected chi connectivity index (χ3v) is 3.90. The van der Waals surface area contributed by atoms with Crippen LogP contribution in [0.3, 0.4) is 0 Å². The van der Waals surface area contributed by atoms with Gasteiger partial charge in [0.15, 0.2) is 11.5 Å². The number of ether oxygens (including phenoxy) is 2. The molecule has 0 atom stereocenters. The van der Waals surface area contributed by atoms with E-state index in [1.807, 2.05) is 6.92 Å². The maximum atomic E-state index is 12.8. The minimum Gasteiger partial charge on any atom is -0.508 e. The molecule has 5 heteroatoms. The van der Waals surface area contributed by atoms with E-state index in [4.69, 9.17) is 9.47 Å². The highest BCUT2D eigenvalue weighted by atomic mass is 16.5. The smallest absolute Gasteiger partial charge is 0.258 e. The SMILES string of the molecule is COc1ccc(C(=O)N(C)c2ccc(O)c(C)c2)c(C)c1OC. The summed E-state index contributed by atoms with van der Waals surface area (Å²) >= 11 is 0. The Morgan fingerprint density at radius 1 is 1.09 bits per heavy atom. The molecule has 0 fully saturated rings. The summed E-state index contributed by atoms with van der Waals surface area (Å²) < 4.78 is 10.6. The molecule has 1 N–H and O–H groups in total. The molecule has 2 aromatic carbocycles. The number of aromatic hydroxyl groups is 1. The molecule has 0 saturated heterocycles. The van der Waals surface area contributed by atoms with Crippen LogP contribution in [-0.4, -0.2) is 32.3 Å². The number of benzene rings is 2. The van der Waals surface area contributed by atoms with Gasteiger partial charge in [0.1, 0.15) is 5.75 Å². The van der Waals surface area contributed by atoms with Gasteiger partial charge in [-0.05, 0) is 49.7 Å². The van der Waals surface area contributed by atoms with Crippen molar-refractivity contribution in [3.63, 3.8) is 0 Å². The molecule has 0 aromatic heterocycles. The monoisotopic (exact) mass is 315 g/mol. The number of aryl methyl sites for hydroxylation is 1. The van der Waals surface area contributed by atoms with Gasteiger partial charge in [-0.15, -0.1) is 0 Å². The molecule has 0 aliphatic carbocycles. The molecule has 0 spiro atoms. The van der Waals surface area contributed by atoms with E-state index >= 15 is 0 Å². The highest BCUT2D eigenvalue weighted by molar-refractivity contribution is 6.07. The summed E-state index contributed by atoms with van der Waals surface area (Å²) in [5, 5.41) is 9.62. The largest absolute Gasteiger partial charge is 0.508 e. The van der Waals surface area contributed by atoms with Crippen molar-refractivity contribution in [3.05, 3.63) is 47.0 Å². The first-order chi connectivity index (χ1) is 10.9. The van der Waals surface area contributed by atoms with Crippen molar-refractivity contribution in [1.82, 2.24) is 0 Å². The number of hydrogen-bond donors (Lipinski definition) is 1. The van der Waals surface area contributed by atoms with Crippen LogP contribution in [0.25, 0.3) is 0 Å². The molecule has 0 heterocycles. The lowest BCUT2D eigenvalue weighted by atomic mass is 10.1. The van der Waals surface area contributed by atoms with Crippen molar-refractivity contribution in [1.29, 1.82) is 0 Å². The fraction of sp³-hybridized carbons (Fsp3) is 0.278. The fourth-order valence-electron chi connectivity index (χ4n) is 2.46. The average Bonchev–Trinajstić information content (AvgIpc) is 2.55. The van der Waals surface area contributed by atoms with Crippen LogP contribution in [0.4, 0.5) is 5.69 Å². The lowest BCUT2D eigenvalue weighted by molar-refractivity contribution is 0.0992. The molecule has 5 nitrogen and oxygen atoms in total. The molecule has 1 amide bonds. The summed E-state index contributed by atoms with van der Waals surface area (Å²) in [5.41, 5.74) is 2.68. The van der Waals surface area contributed by atoms with E-state index in [9.17, 15) is 9.90 Å². The van der Waals surface area contributed by atoms with Gasteiger partial charge in [0.2, 0.25) is 0 Å². The molecule has 2 rings (SSSR count). The van der Waals surface area contributed by atoms with Crippen LogP contribution in [0.15, 0.2) is 30.3 Å². The fourth-order valence-corrected chi connectivity index (χ4v) is 2.46. The first kappa shape index (κ1) is 16.7. The van der Waals surface area contributed by atoms with E-state index in [1.165, 1.54) is 0 Å². The maximum absolute atomic E-state index is 12.8. The Bertz CT molecular complexity index is 740. The minimum absolute atomic E-state index is 0.159. The quantitative estimate of drug-likeness (QED) is 0.940. The van der Waals surface area contributed by atoms with Gasteiger partial charge in [0, 0.05) is 23.9 Å². The van der Waals surface area contributed by atoms with Crippen LogP contribution in [0.2, 0.25) is 0 Å². The third-order valence-electron chi connectivity index (χ3n) is 3.90. The summed E-state index contributed by atoms with van der Waals surface area (Å²) in [7, 11) is 4.81. The molecular formula is C18H21NO4. The predicted octanol–water partition coefficient (Wildman–Crippen LogP) is 3.30. The normalized spacial score (nSPS) is 10.3. The first-order valence-electron chi connectivity index (χ1n) is 7.20. The molecule has 122 valence electrons.